The predicted octanol–water partition coefficient (Wildman–Crippen LogP) is 3.49. The van der Waals surface area contributed by atoms with Crippen LogP contribution >= 0.6 is 23.4 Å². The van der Waals surface area contributed by atoms with E-state index in [4.69, 9.17) is 11.6 Å². The third-order valence-electron chi connectivity index (χ3n) is 1.97. The first-order valence-electron chi connectivity index (χ1n) is 5.07. The van der Waals surface area contributed by atoms with Crippen molar-refractivity contribution in [2.75, 3.05) is 18.1 Å². The summed E-state index contributed by atoms with van der Waals surface area (Å²) < 4.78 is 13.1. The Bertz CT molecular complexity index is 344. The molecule has 0 atom stereocenters. The van der Waals surface area contributed by atoms with Gasteiger partial charge in [0.2, 0.25) is 0 Å². The van der Waals surface area contributed by atoms with Crippen molar-refractivity contribution >= 4 is 23.4 Å². The lowest BCUT2D eigenvalue weighted by molar-refractivity contribution is 0.622. The first-order valence-corrected chi connectivity index (χ1v) is 6.60. The molecular formula is C12H15ClFNS. The van der Waals surface area contributed by atoms with Gasteiger partial charge in [0, 0.05) is 24.6 Å². The second-order valence-corrected chi connectivity index (χ2v) is 4.85. The topological polar surface area (TPSA) is 12.0 Å². The molecule has 16 heavy (non-hydrogen) atoms. The number of nitrogens with one attached hydrogen (secondary N) is 1. The summed E-state index contributed by atoms with van der Waals surface area (Å²) in [6.07, 6.45) is 1.89. The molecule has 0 fully saturated rings. The molecule has 1 rings (SSSR count). The molecule has 0 aliphatic carbocycles. The third-order valence-corrected chi connectivity index (χ3v) is 3.24. The molecule has 0 saturated heterocycles. The molecule has 0 aliphatic heterocycles. The molecule has 0 amide bonds. The van der Waals surface area contributed by atoms with E-state index in [1.54, 1.807) is 6.07 Å². The van der Waals surface area contributed by atoms with Crippen molar-refractivity contribution in [1.82, 2.24) is 5.32 Å². The molecule has 1 aromatic carbocycles. The molecule has 4 heteroatoms. The normalized spacial score (nSPS) is 10.4. The Hall–Kier alpha value is -0.510. The van der Waals surface area contributed by atoms with Crippen molar-refractivity contribution in [2.45, 2.75) is 6.54 Å². The number of halogens is 2. The highest BCUT2D eigenvalue weighted by Crippen LogP contribution is 2.15. The molecular weight excluding hydrogens is 245 g/mol. The lowest BCUT2D eigenvalue weighted by Crippen LogP contribution is -2.16. The van der Waals surface area contributed by atoms with Gasteiger partial charge in [0.05, 0.1) is 5.02 Å². The fourth-order valence-corrected chi connectivity index (χ4v) is 1.93. The second-order valence-electron chi connectivity index (χ2n) is 3.29. The number of benzene rings is 1. The summed E-state index contributed by atoms with van der Waals surface area (Å²) in [5.41, 5.74) is 0.913. The summed E-state index contributed by atoms with van der Waals surface area (Å²) in [7, 11) is 0. The van der Waals surface area contributed by atoms with Crippen LogP contribution in [0.5, 0.6) is 0 Å². The Morgan fingerprint density at radius 2 is 2.31 bits per heavy atom. The monoisotopic (exact) mass is 259 g/mol. The summed E-state index contributed by atoms with van der Waals surface area (Å²) in [5, 5.41) is 3.41. The van der Waals surface area contributed by atoms with E-state index < -0.39 is 0 Å². The number of thioether (sulfide) groups is 1. The third kappa shape index (κ3) is 5.01. The lowest BCUT2D eigenvalue weighted by atomic mass is 10.2. The van der Waals surface area contributed by atoms with Crippen LogP contribution in [-0.2, 0) is 6.54 Å². The van der Waals surface area contributed by atoms with Crippen molar-refractivity contribution in [3.8, 4) is 0 Å². The van der Waals surface area contributed by atoms with Crippen LogP contribution in [0.1, 0.15) is 5.56 Å². The van der Waals surface area contributed by atoms with Crippen LogP contribution in [0.2, 0.25) is 5.02 Å². The summed E-state index contributed by atoms with van der Waals surface area (Å²) in [6.45, 7) is 5.22. The number of rotatable bonds is 7. The molecule has 0 radical (unpaired) electrons. The van der Waals surface area contributed by atoms with Gasteiger partial charge < -0.3 is 5.32 Å². The van der Waals surface area contributed by atoms with Crippen molar-refractivity contribution in [1.29, 1.82) is 0 Å². The second kappa shape index (κ2) is 7.71. The molecule has 0 aliphatic rings. The summed E-state index contributed by atoms with van der Waals surface area (Å²) in [4.78, 5) is 0. The van der Waals surface area contributed by atoms with E-state index in [9.17, 15) is 4.39 Å². The van der Waals surface area contributed by atoms with Gasteiger partial charge in [-0.25, -0.2) is 4.39 Å². The molecule has 0 bridgehead atoms. The highest BCUT2D eigenvalue weighted by Gasteiger charge is 2.00. The van der Waals surface area contributed by atoms with E-state index in [2.05, 4.69) is 11.9 Å². The van der Waals surface area contributed by atoms with Gasteiger partial charge >= 0.3 is 0 Å². The van der Waals surface area contributed by atoms with Crippen LogP contribution in [0.25, 0.3) is 0 Å². The van der Waals surface area contributed by atoms with Crippen LogP contribution in [0.3, 0.4) is 0 Å². The highest BCUT2D eigenvalue weighted by atomic mass is 35.5. The summed E-state index contributed by atoms with van der Waals surface area (Å²) in [5.74, 6) is 1.64. The largest absolute Gasteiger partial charge is 0.312 e. The van der Waals surface area contributed by atoms with Crippen molar-refractivity contribution < 1.29 is 4.39 Å². The molecule has 1 nitrogen and oxygen atoms in total. The van der Waals surface area contributed by atoms with E-state index >= 15 is 0 Å². The molecule has 88 valence electrons. The maximum Gasteiger partial charge on any atom is 0.142 e. The zero-order valence-electron chi connectivity index (χ0n) is 9.01. The first-order chi connectivity index (χ1) is 7.74. The van der Waals surface area contributed by atoms with E-state index in [0.717, 1.165) is 23.6 Å². The van der Waals surface area contributed by atoms with Gasteiger partial charge in [0.1, 0.15) is 5.82 Å². The van der Waals surface area contributed by atoms with Gasteiger partial charge in [0.25, 0.3) is 0 Å². The Kier molecular flexibility index (Phi) is 6.53. The number of hydrogen-bond acceptors (Lipinski definition) is 2. The van der Waals surface area contributed by atoms with E-state index in [0.29, 0.717) is 6.54 Å². The summed E-state index contributed by atoms with van der Waals surface area (Å²) >= 11 is 7.41. The van der Waals surface area contributed by atoms with Gasteiger partial charge in [-0.15, -0.1) is 6.58 Å². The minimum Gasteiger partial charge on any atom is -0.312 e. The van der Waals surface area contributed by atoms with Crippen LogP contribution in [0.4, 0.5) is 4.39 Å². The standard InChI is InChI=1S/C12H15ClFNS/c1-2-6-16-7-5-15-9-10-3-4-11(13)12(14)8-10/h2-4,8,15H,1,5-7,9H2. The van der Waals surface area contributed by atoms with E-state index in [-0.39, 0.29) is 10.8 Å². The smallest absolute Gasteiger partial charge is 0.142 e. The predicted molar refractivity (Wildman–Crippen MR) is 70.6 cm³/mol. The van der Waals surface area contributed by atoms with Crippen LogP contribution in [-0.4, -0.2) is 18.1 Å². The Morgan fingerprint density at radius 1 is 1.50 bits per heavy atom. The Morgan fingerprint density at radius 3 is 3.00 bits per heavy atom. The molecule has 0 aromatic heterocycles. The Labute approximate surface area is 105 Å². The van der Waals surface area contributed by atoms with Crippen molar-refractivity contribution in [3.63, 3.8) is 0 Å². The SMILES string of the molecule is C=CCSCCNCc1ccc(Cl)c(F)c1. The fourth-order valence-electron chi connectivity index (χ4n) is 1.19. The fraction of sp³-hybridized carbons (Fsp3) is 0.333. The minimum atomic E-state index is -0.359. The molecule has 1 N–H and O–H groups in total. The van der Waals surface area contributed by atoms with Gasteiger partial charge in [0.15, 0.2) is 0 Å². The van der Waals surface area contributed by atoms with Gasteiger partial charge in [-0.2, -0.15) is 11.8 Å². The number of hydrogen-bond donors (Lipinski definition) is 1. The zero-order valence-corrected chi connectivity index (χ0v) is 10.6. The van der Waals surface area contributed by atoms with Gasteiger partial charge in [-0.05, 0) is 17.7 Å². The zero-order chi connectivity index (χ0) is 11.8. The highest BCUT2D eigenvalue weighted by molar-refractivity contribution is 7.99. The van der Waals surface area contributed by atoms with Gasteiger partial charge in [-0.1, -0.05) is 23.7 Å². The van der Waals surface area contributed by atoms with Crippen molar-refractivity contribution in [2.24, 2.45) is 0 Å². The quantitative estimate of drug-likeness (QED) is 0.594. The van der Waals surface area contributed by atoms with Gasteiger partial charge in [-0.3, -0.25) is 0 Å². The van der Waals surface area contributed by atoms with E-state index in [1.807, 2.05) is 23.9 Å². The molecule has 0 heterocycles. The van der Waals surface area contributed by atoms with E-state index in [1.165, 1.54) is 6.07 Å². The maximum atomic E-state index is 13.1. The Balaban J connectivity index is 2.21. The lowest BCUT2D eigenvalue weighted by Gasteiger charge is -2.05. The van der Waals surface area contributed by atoms with Crippen LogP contribution < -0.4 is 5.32 Å². The molecule has 1 aromatic rings. The summed E-state index contributed by atoms with van der Waals surface area (Å²) in [6, 6.07) is 4.88. The molecule has 0 unspecified atom stereocenters. The molecule has 0 spiro atoms. The maximum absolute atomic E-state index is 13.1. The molecule has 0 saturated carbocycles. The average Bonchev–Trinajstić information content (AvgIpc) is 2.28. The van der Waals surface area contributed by atoms with Crippen LogP contribution in [0, 0.1) is 5.82 Å². The van der Waals surface area contributed by atoms with Crippen molar-refractivity contribution in [3.05, 3.63) is 47.3 Å². The van der Waals surface area contributed by atoms with Crippen LogP contribution in [0.15, 0.2) is 30.9 Å². The first kappa shape index (κ1) is 13.6. The average molecular weight is 260 g/mol. The minimum absolute atomic E-state index is 0.172.